The van der Waals surface area contributed by atoms with Gasteiger partial charge in [0.05, 0.1) is 16.5 Å². The number of alkyl halides is 6. The van der Waals surface area contributed by atoms with Gasteiger partial charge < -0.3 is 14.5 Å². The lowest BCUT2D eigenvalue weighted by Gasteiger charge is -2.37. The van der Waals surface area contributed by atoms with E-state index >= 15 is 0 Å². The molecule has 0 saturated carbocycles. The Balaban J connectivity index is 1.72. The first-order valence-electron chi connectivity index (χ1n) is 15.3. The molecular formula is C35H38F7N3O3. The van der Waals surface area contributed by atoms with Gasteiger partial charge in [-0.2, -0.15) is 26.3 Å². The van der Waals surface area contributed by atoms with E-state index < -0.39 is 63.8 Å². The van der Waals surface area contributed by atoms with Crippen molar-refractivity contribution >= 4 is 17.7 Å². The summed E-state index contributed by atoms with van der Waals surface area (Å²) in [4.78, 5) is 34.0. The molecule has 0 aliphatic carbocycles. The molecule has 1 atom stereocenters. The second kappa shape index (κ2) is 13.0. The average molecular weight is 682 g/mol. The van der Waals surface area contributed by atoms with Gasteiger partial charge in [0.1, 0.15) is 11.4 Å². The van der Waals surface area contributed by atoms with Gasteiger partial charge in [-0.25, -0.2) is 9.18 Å². The minimum absolute atomic E-state index is 0.0215. The maximum atomic E-state index is 14.1. The molecule has 48 heavy (non-hydrogen) atoms. The van der Waals surface area contributed by atoms with Gasteiger partial charge in [-0.1, -0.05) is 12.1 Å². The third-order valence-electron chi connectivity index (χ3n) is 8.48. The Bertz CT molecular complexity index is 1650. The molecule has 260 valence electrons. The summed E-state index contributed by atoms with van der Waals surface area (Å²) < 4.78 is 102. The van der Waals surface area contributed by atoms with Crippen LogP contribution in [0.15, 0.2) is 64.9 Å². The third kappa shape index (κ3) is 8.10. The van der Waals surface area contributed by atoms with Crippen LogP contribution in [-0.2, 0) is 27.3 Å². The number of nitrogens with zero attached hydrogens (tertiary/aromatic N) is 3. The molecule has 2 aromatic rings. The molecule has 4 rings (SSSR count). The predicted octanol–water partition coefficient (Wildman–Crippen LogP) is 8.94. The first-order chi connectivity index (χ1) is 22.0. The van der Waals surface area contributed by atoms with Crippen molar-refractivity contribution in [3.05, 3.63) is 93.6 Å². The Morgan fingerprint density at radius 2 is 1.50 bits per heavy atom. The Morgan fingerprint density at radius 1 is 0.917 bits per heavy atom. The van der Waals surface area contributed by atoms with Crippen LogP contribution in [0.1, 0.15) is 81.2 Å². The van der Waals surface area contributed by atoms with Crippen molar-refractivity contribution in [1.29, 1.82) is 0 Å². The van der Waals surface area contributed by atoms with Crippen LogP contribution in [0.5, 0.6) is 0 Å². The van der Waals surface area contributed by atoms with E-state index in [2.05, 4.69) is 4.99 Å². The quantitative estimate of drug-likeness (QED) is 0.296. The maximum Gasteiger partial charge on any atom is 0.416 e. The number of likely N-dealkylation sites (N-methyl/N-ethyl adjacent to an activating group) is 1. The molecule has 13 heteroatoms. The van der Waals surface area contributed by atoms with E-state index in [9.17, 15) is 40.3 Å². The number of ether oxygens (including phenoxy) is 1. The van der Waals surface area contributed by atoms with E-state index in [4.69, 9.17) is 4.74 Å². The van der Waals surface area contributed by atoms with E-state index in [1.54, 1.807) is 38.7 Å². The number of benzene rings is 2. The lowest BCUT2D eigenvalue weighted by atomic mass is 9.79. The van der Waals surface area contributed by atoms with Crippen molar-refractivity contribution in [2.45, 2.75) is 83.7 Å². The highest BCUT2D eigenvalue weighted by molar-refractivity contribution is 6.02. The van der Waals surface area contributed by atoms with Crippen molar-refractivity contribution in [2.75, 3.05) is 20.1 Å². The molecule has 0 N–H and O–H groups in total. The summed E-state index contributed by atoms with van der Waals surface area (Å²) in [5.41, 5.74) is -2.88. The monoisotopic (exact) mass is 681 g/mol. The first kappa shape index (κ1) is 36.7. The van der Waals surface area contributed by atoms with E-state index in [0.717, 1.165) is 5.57 Å². The van der Waals surface area contributed by atoms with Gasteiger partial charge in [-0.3, -0.25) is 9.79 Å². The van der Waals surface area contributed by atoms with Gasteiger partial charge in [0.25, 0.3) is 0 Å². The predicted molar refractivity (Wildman–Crippen MR) is 167 cm³/mol. The van der Waals surface area contributed by atoms with Crippen LogP contribution in [0.4, 0.5) is 35.5 Å². The molecule has 0 spiro atoms. The number of allylic oxidation sites excluding steroid dienone is 1. The highest BCUT2D eigenvalue weighted by atomic mass is 19.4. The third-order valence-corrected chi connectivity index (χ3v) is 8.48. The van der Waals surface area contributed by atoms with Crippen LogP contribution >= 0.6 is 0 Å². The maximum absolute atomic E-state index is 14.1. The fourth-order valence-corrected chi connectivity index (χ4v) is 5.82. The highest BCUT2D eigenvalue weighted by Gasteiger charge is 2.42. The molecule has 6 nitrogen and oxygen atoms in total. The first-order valence-corrected chi connectivity index (χ1v) is 15.3. The van der Waals surface area contributed by atoms with Gasteiger partial charge in [0.2, 0.25) is 5.91 Å². The molecule has 0 saturated heterocycles. The van der Waals surface area contributed by atoms with Crippen molar-refractivity contribution < 1.29 is 45.1 Å². The second-order valence-electron chi connectivity index (χ2n) is 13.6. The second-order valence-corrected chi connectivity index (χ2v) is 13.6. The number of hydrogen-bond donors (Lipinski definition) is 0. The number of carbonyl (C=O) groups excluding carboxylic acids is 2. The molecule has 2 heterocycles. The van der Waals surface area contributed by atoms with Crippen LogP contribution < -0.4 is 0 Å². The Labute approximate surface area is 275 Å². The van der Waals surface area contributed by atoms with Gasteiger partial charge in [-0.15, -0.1) is 0 Å². The molecule has 0 aromatic heterocycles. The summed E-state index contributed by atoms with van der Waals surface area (Å²) in [7, 11) is 1.39. The van der Waals surface area contributed by atoms with E-state index in [0.29, 0.717) is 47.6 Å². The molecule has 1 unspecified atom stereocenters. The van der Waals surface area contributed by atoms with Gasteiger partial charge >= 0.3 is 18.4 Å². The summed E-state index contributed by atoms with van der Waals surface area (Å²) in [5, 5.41) is 0. The van der Waals surface area contributed by atoms with E-state index in [1.165, 1.54) is 44.1 Å². The summed E-state index contributed by atoms with van der Waals surface area (Å²) in [6.07, 6.45) is -6.57. The Morgan fingerprint density at radius 3 is 2.00 bits per heavy atom. The molecule has 2 amide bonds. The van der Waals surface area contributed by atoms with Gasteiger partial charge in [0, 0.05) is 50.1 Å². The zero-order valence-corrected chi connectivity index (χ0v) is 27.7. The van der Waals surface area contributed by atoms with Crippen molar-refractivity contribution in [1.82, 2.24) is 9.80 Å². The molecule has 2 aliphatic heterocycles. The fourth-order valence-electron chi connectivity index (χ4n) is 5.82. The summed E-state index contributed by atoms with van der Waals surface area (Å²) >= 11 is 0. The van der Waals surface area contributed by atoms with Crippen LogP contribution in [0.25, 0.3) is 0 Å². The van der Waals surface area contributed by atoms with Crippen LogP contribution in [0.3, 0.4) is 0 Å². The number of amides is 2. The Kier molecular flexibility index (Phi) is 9.96. The lowest BCUT2D eigenvalue weighted by molar-refractivity contribution is -0.143. The SMILES string of the molecule is Cc1cc(F)ccc1C1CC(C2=CCN(C(=O)OC(C)(C)C)CC2)=NC=C1N(C)C(=O)C(C)(C)c1cc(C(F)(F)F)cc(C(F)(F)F)c1. The molecule has 2 aromatic carbocycles. The molecular weight excluding hydrogens is 643 g/mol. The number of carbonyl (C=O) groups is 2. The number of halogens is 7. The zero-order valence-electron chi connectivity index (χ0n) is 27.7. The Hall–Kier alpha value is -4.16. The highest BCUT2D eigenvalue weighted by Crippen LogP contribution is 2.42. The largest absolute Gasteiger partial charge is 0.444 e. The molecule has 0 radical (unpaired) electrons. The number of aryl methyl sites for hydroxylation is 1. The van der Waals surface area contributed by atoms with E-state index in [-0.39, 0.29) is 19.0 Å². The minimum atomic E-state index is -5.08. The van der Waals surface area contributed by atoms with Crippen molar-refractivity contribution in [3.8, 4) is 0 Å². The molecule has 2 aliphatic rings. The average Bonchev–Trinajstić information content (AvgIpc) is 2.98. The topological polar surface area (TPSA) is 62.2 Å². The number of aliphatic imine (C=N–C) groups is 1. The standard InChI is InChI=1S/C35H38F7N3O3/c1-20-14-25(36)8-9-26(20)27-18-28(21-10-12-45(13-11-21)31(47)48-32(2,3)4)43-19-29(27)44(7)30(46)33(5,6)22-15-23(34(37,38)39)17-24(16-22)35(40,41)42/h8-10,14-17,19,27H,11-13,18H2,1-7H3. The minimum Gasteiger partial charge on any atom is -0.444 e. The smallest absolute Gasteiger partial charge is 0.416 e. The number of rotatable bonds is 5. The molecule has 0 bridgehead atoms. The van der Waals surface area contributed by atoms with Crippen LogP contribution in [0, 0.1) is 12.7 Å². The number of hydrogen-bond acceptors (Lipinski definition) is 4. The van der Waals surface area contributed by atoms with Crippen LogP contribution in [-0.4, -0.2) is 53.3 Å². The lowest BCUT2D eigenvalue weighted by Crippen LogP contribution is -2.43. The zero-order chi connectivity index (χ0) is 36.0. The fraction of sp³-hybridized carbons (Fsp3) is 0.457. The van der Waals surface area contributed by atoms with Crippen molar-refractivity contribution in [3.63, 3.8) is 0 Å². The normalized spacial score (nSPS) is 17.8. The van der Waals surface area contributed by atoms with Gasteiger partial charge in [-0.05, 0) is 101 Å². The van der Waals surface area contributed by atoms with Crippen molar-refractivity contribution in [2.24, 2.45) is 4.99 Å². The molecule has 0 fully saturated rings. The summed E-state index contributed by atoms with van der Waals surface area (Å²) in [6, 6.07) is 5.33. The van der Waals surface area contributed by atoms with E-state index in [1.807, 2.05) is 6.08 Å². The van der Waals surface area contributed by atoms with Crippen LogP contribution in [0.2, 0.25) is 0 Å². The summed E-state index contributed by atoms with van der Waals surface area (Å²) in [6.45, 7) is 10.2. The summed E-state index contributed by atoms with van der Waals surface area (Å²) in [5.74, 6) is -1.81. The van der Waals surface area contributed by atoms with Gasteiger partial charge in [0.15, 0.2) is 0 Å².